The molecule has 0 aliphatic carbocycles. The summed E-state index contributed by atoms with van der Waals surface area (Å²) in [6.07, 6.45) is 1.03. The zero-order valence-electron chi connectivity index (χ0n) is 11.3. The summed E-state index contributed by atoms with van der Waals surface area (Å²) < 4.78 is 4.67. The summed E-state index contributed by atoms with van der Waals surface area (Å²) in [4.78, 5) is 24.9. The van der Waals surface area contributed by atoms with Gasteiger partial charge in [-0.15, -0.1) is 10.2 Å². The zero-order valence-corrected chi connectivity index (χ0v) is 12.1. The molecule has 6 nitrogen and oxygen atoms in total. The van der Waals surface area contributed by atoms with Gasteiger partial charge in [-0.2, -0.15) is 0 Å². The van der Waals surface area contributed by atoms with Crippen LogP contribution in [-0.2, 0) is 20.7 Å². The van der Waals surface area contributed by atoms with Crippen molar-refractivity contribution in [3.63, 3.8) is 0 Å². The quantitative estimate of drug-likeness (QED) is 0.778. The van der Waals surface area contributed by atoms with Crippen LogP contribution in [0, 0.1) is 11.8 Å². The van der Waals surface area contributed by atoms with Crippen LogP contribution in [0.4, 0.5) is 5.13 Å². The fourth-order valence-electron chi connectivity index (χ4n) is 2.00. The second kappa shape index (κ2) is 5.64. The van der Waals surface area contributed by atoms with Gasteiger partial charge >= 0.3 is 5.97 Å². The third kappa shape index (κ3) is 3.09. The average Bonchev–Trinajstić information content (AvgIpc) is 2.94. The Bertz CT molecular complexity index is 486. The van der Waals surface area contributed by atoms with Gasteiger partial charge in [0.05, 0.1) is 13.0 Å². The van der Waals surface area contributed by atoms with Gasteiger partial charge in [-0.1, -0.05) is 25.2 Å². The van der Waals surface area contributed by atoms with Crippen LogP contribution in [0.5, 0.6) is 0 Å². The smallest absolute Gasteiger partial charge is 0.311 e. The molecule has 1 aliphatic heterocycles. The van der Waals surface area contributed by atoms with Crippen molar-refractivity contribution in [2.24, 2.45) is 11.8 Å². The molecule has 1 saturated heterocycles. The van der Waals surface area contributed by atoms with E-state index in [9.17, 15) is 9.59 Å². The van der Waals surface area contributed by atoms with E-state index in [0.717, 1.165) is 11.4 Å². The molecule has 104 valence electrons. The van der Waals surface area contributed by atoms with Gasteiger partial charge < -0.3 is 4.74 Å². The highest BCUT2D eigenvalue weighted by molar-refractivity contribution is 7.15. The third-order valence-electron chi connectivity index (χ3n) is 2.93. The van der Waals surface area contributed by atoms with Crippen molar-refractivity contribution >= 4 is 28.3 Å². The normalized spacial score (nSPS) is 19.3. The van der Waals surface area contributed by atoms with Gasteiger partial charge in [0.15, 0.2) is 0 Å². The molecule has 1 aromatic rings. The van der Waals surface area contributed by atoms with E-state index in [2.05, 4.69) is 28.8 Å². The molecule has 0 saturated carbocycles. The van der Waals surface area contributed by atoms with E-state index in [-0.39, 0.29) is 18.3 Å². The number of ether oxygens (including phenoxy) is 1. The van der Waals surface area contributed by atoms with Crippen molar-refractivity contribution in [3.05, 3.63) is 5.01 Å². The summed E-state index contributed by atoms with van der Waals surface area (Å²) in [5, 5.41) is 9.62. The Hall–Kier alpha value is -1.50. The SMILES string of the molecule is COC(=O)C1CC(=O)N(c2nnc(CC(C)C)s2)C1. The first-order chi connectivity index (χ1) is 9.01. The molecule has 1 unspecified atom stereocenters. The number of rotatable bonds is 4. The van der Waals surface area contributed by atoms with Crippen molar-refractivity contribution in [2.75, 3.05) is 18.6 Å². The van der Waals surface area contributed by atoms with Crippen LogP contribution in [0.2, 0.25) is 0 Å². The predicted molar refractivity (Wildman–Crippen MR) is 70.9 cm³/mol. The highest BCUT2D eigenvalue weighted by atomic mass is 32.1. The molecular weight excluding hydrogens is 266 g/mol. The summed E-state index contributed by atoms with van der Waals surface area (Å²) >= 11 is 1.41. The van der Waals surface area contributed by atoms with Crippen molar-refractivity contribution in [2.45, 2.75) is 26.7 Å². The van der Waals surface area contributed by atoms with Crippen LogP contribution >= 0.6 is 11.3 Å². The zero-order chi connectivity index (χ0) is 14.0. The Kier molecular flexibility index (Phi) is 4.14. The van der Waals surface area contributed by atoms with Gasteiger partial charge in [-0.25, -0.2) is 0 Å². The van der Waals surface area contributed by atoms with Crippen LogP contribution < -0.4 is 4.90 Å². The summed E-state index contributed by atoms with van der Waals surface area (Å²) in [5.74, 6) is -0.335. The number of amides is 1. The lowest BCUT2D eigenvalue weighted by Gasteiger charge is -2.11. The lowest BCUT2D eigenvalue weighted by Crippen LogP contribution is -2.26. The van der Waals surface area contributed by atoms with Crippen LogP contribution in [0.25, 0.3) is 0 Å². The van der Waals surface area contributed by atoms with E-state index in [4.69, 9.17) is 0 Å². The van der Waals surface area contributed by atoms with Crippen LogP contribution in [0.1, 0.15) is 25.3 Å². The van der Waals surface area contributed by atoms with E-state index >= 15 is 0 Å². The second-order valence-electron chi connectivity index (χ2n) is 5.00. The molecule has 1 fully saturated rings. The highest BCUT2D eigenvalue weighted by Gasteiger charge is 2.37. The molecule has 1 aromatic heterocycles. The topological polar surface area (TPSA) is 72.4 Å². The van der Waals surface area contributed by atoms with E-state index in [1.807, 2.05) is 0 Å². The first-order valence-electron chi connectivity index (χ1n) is 6.21. The number of anilines is 1. The first-order valence-corrected chi connectivity index (χ1v) is 7.03. The van der Waals surface area contributed by atoms with Crippen LogP contribution in [0.15, 0.2) is 0 Å². The molecule has 0 radical (unpaired) electrons. The molecule has 0 aromatic carbocycles. The fraction of sp³-hybridized carbons (Fsp3) is 0.667. The number of aromatic nitrogens is 2. The fourth-order valence-corrected chi connectivity index (χ4v) is 3.08. The molecular formula is C12H17N3O3S. The molecule has 2 rings (SSSR count). The highest BCUT2D eigenvalue weighted by Crippen LogP contribution is 2.29. The third-order valence-corrected chi connectivity index (χ3v) is 3.90. The molecule has 7 heteroatoms. The molecule has 19 heavy (non-hydrogen) atoms. The number of hydrogen-bond acceptors (Lipinski definition) is 6. The Morgan fingerprint density at radius 1 is 1.53 bits per heavy atom. The first kappa shape index (κ1) is 13.9. The minimum absolute atomic E-state index is 0.0948. The van der Waals surface area contributed by atoms with Gasteiger partial charge in [0.1, 0.15) is 5.01 Å². The summed E-state index contributed by atoms with van der Waals surface area (Å²) in [6.45, 7) is 4.55. The van der Waals surface area contributed by atoms with Crippen LogP contribution in [-0.4, -0.2) is 35.7 Å². The number of nitrogens with zero attached hydrogens (tertiary/aromatic N) is 3. The van der Waals surface area contributed by atoms with Crippen molar-refractivity contribution in [3.8, 4) is 0 Å². The molecule has 1 amide bonds. The molecule has 0 N–H and O–H groups in total. The van der Waals surface area contributed by atoms with Gasteiger partial charge in [-0.3, -0.25) is 14.5 Å². The Labute approximate surface area is 115 Å². The Morgan fingerprint density at radius 2 is 2.26 bits per heavy atom. The molecule has 0 bridgehead atoms. The monoisotopic (exact) mass is 283 g/mol. The number of esters is 1. The molecule has 0 spiro atoms. The van der Waals surface area contributed by atoms with Crippen molar-refractivity contribution < 1.29 is 14.3 Å². The van der Waals surface area contributed by atoms with E-state index in [0.29, 0.717) is 17.6 Å². The average molecular weight is 283 g/mol. The minimum atomic E-state index is -0.394. The Balaban J connectivity index is 2.08. The Morgan fingerprint density at radius 3 is 2.89 bits per heavy atom. The van der Waals surface area contributed by atoms with Crippen molar-refractivity contribution in [1.29, 1.82) is 0 Å². The maximum absolute atomic E-state index is 11.9. The van der Waals surface area contributed by atoms with Crippen LogP contribution in [0.3, 0.4) is 0 Å². The number of carbonyl (C=O) groups is 2. The number of hydrogen-bond donors (Lipinski definition) is 0. The molecule has 2 heterocycles. The van der Waals surface area contributed by atoms with E-state index < -0.39 is 5.92 Å². The summed E-state index contributed by atoms with van der Waals surface area (Å²) in [5.41, 5.74) is 0. The minimum Gasteiger partial charge on any atom is -0.469 e. The lowest BCUT2D eigenvalue weighted by atomic mass is 10.1. The summed E-state index contributed by atoms with van der Waals surface area (Å²) in [6, 6.07) is 0. The lowest BCUT2D eigenvalue weighted by molar-refractivity contribution is -0.145. The number of methoxy groups -OCH3 is 1. The second-order valence-corrected chi connectivity index (χ2v) is 6.05. The molecule has 1 atom stereocenters. The maximum atomic E-state index is 11.9. The maximum Gasteiger partial charge on any atom is 0.311 e. The largest absolute Gasteiger partial charge is 0.469 e. The van der Waals surface area contributed by atoms with Crippen molar-refractivity contribution in [1.82, 2.24) is 10.2 Å². The van der Waals surface area contributed by atoms with E-state index in [1.165, 1.54) is 23.3 Å². The van der Waals surface area contributed by atoms with Gasteiger partial charge in [0, 0.05) is 19.4 Å². The van der Waals surface area contributed by atoms with E-state index in [1.54, 1.807) is 0 Å². The van der Waals surface area contributed by atoms with Gasteiger partial charge in [0.25, 0.3) is 0 Å². The predicted octanol–water partition coefficient (Wildman–Crippen LogP) is 1.26. The standard InChI is InChI=1S/C12H17N3O3S/c1-7(2)4-9-13-14-12(19-9)15-6-8(5-10(15)16)11(17)18-3/h7-8H,4-6H2,1-3H3. The summed E-state index contributed by atoms with van der Waals surface area (Å²) in [7, 11) is 1.33. The number of carbonyl (C=O) groups excluding carboxylic acids is 2. The molecule has 1 aliphatic rings. The van der Waals surface area contributed by atoms with Gasteiger partial charge in [0.2, 0.25) is 11.0 Å². The van der Waals surface area contributed by atoms with Gasteiger partial charge in [-0.05, 0) is 5.92 Å².